The lowest BCUT2D eigenvalue weighted by atomic mass is 9.97. The van der Waals surface area contributed by atoms with Crippen molar-refractivity contribution >= 4 is 42.1 Å². The summed E-state index contributed by atoms with van der Waals surface area (Å²) >= 11 is 1.62. The quantitative estimate of drug-likeness (QED) is 0.815. The Labute approximate surface area is 159 Å². The van der Waals surface area contributed by atoms with Gasteiger partial charge in [0, 0.05) is 24.0 Å². The number of aromatic nitrogens is 1. The molecule has 0 saturated heterocycles. The molecule has 1 unspecified atom stereocenters. The van der Waals surface area contributed by atoms with Crippen molar-refractivity contribution in [3.05, 3.63) is 52.5 Å². The van der Waals surface area contributed by atoms with E-state index < -0.39 is 0 Å². The van der Waals surface area contributed by atoms with Gasteiger partial charge in [-0.15, -0.1) is 36.2 Å². The van der Waals surface area contributed by atoms with Gasteiger partial charge in [-0.3, -0.25) is 4.79 Å². The second-order valence-electron chi connectivity index (χ2n) is 5.90. The van der Waals surface area contributed by atoms with E-state index in [1.54, 1.807) is 11.3 Å². The van der Waals surface area contributed by atoms with Crippen molar-refractivity contribution in [1.29, 1.82) is 0 Å². The number of nitrogens with one attached hydrogen (secondary N) is 1. The number of hydrogen-bond acceptors (Lipinski definition) is 4. The van der Waals surface area contributed by atoms with Gasteiger partial charge in [-0.05, 0) is 18.4 Å². The Hall–Kier alpha value is -1.14. The molecule has 1 saturated carbocycles. The molecule has 1 atom stereocenters. The first-order valence-corrected chi connectivity index (χ1v) is 8.59. The molecule has 1 heterocycles. The van der Waals surface area contributed by atoms with E-state index in [0.717, 1.165) is 36.3 Å². The molecule has 1 aromatic heterocycles. The standard InChI is InChI=1S/C17H21N3OS.2ClH/c18-14(13-6-2-1-3-7-13)12-15(21)20-17(8-4-5-9-17)16-19-10-11-22-16;;/h1-3,6-7,10-11,14H,4-5,8-9,12,18H2,(H,20,21);2*1H. The summed E-state index contributed by atoms with van der Waals surface area (Å²) in [4.78, 5) is 16.9. The summed E-state index contributed by atoms with van der Waals surface area (Å²) < 4.78 is 0. The van der Waals surface area contributed by atoms with E-state index in [-0.39, 0.29) is 42.3 Å². The molecule has 3 rings (SSSR count). The van der Waals surface area contributed by atoms with Crippen LogP contribution in [0.5, 0.6) is 0 Å². The second kappa shape index (κ2) is 9.37. The summed E-state index contributed by atoms with van der Waals surface area (Å²) in [5, 5.41) is 6.21. The lowest BCUT2D eigenvalue weighted by molar-refractivity contribution is -0.123. The number of rotatable bonds is 5. The fourth-order valence-electron chi connectivity index (χ4n) is 3.17. The van der Waals surface area contributed by atoms with Gasteiger partial charge in [0.25, 0.3) is 0 Å². The maximum absolute atomic E-state index is 12.5. The average Bonchev–Trinajstić information content (AvgIpc) is 3.19. The molecule has 2 aromatic rings. The first kappa shape index (κ1) is 20.9. The summed E-state index contributed by atoms with van der Waals surface area (Å²) in [6.07, 6.45) is 6.30. The number of benzene rings is 1. The number of carbonyl (C=O) groups is 1. The van der Waals surface area contributed by atoms with Crippen LogP contribution in [-0.2, 0) is 10.3 Å². The van der Waals surface area contributed by atoms with Crippen molar-refractivity contribution in [1.82, 2.24) is 10.3 Å². The molecule has 0 aliphatic heterocycles. The molecule has 0 spiro atoms. The topological polar surface area (TPSA) is 68.0 Å². The Bertz CT molecular complexity index is 616. The first-order chi connectivity index (χ1) is 10.7. The summed E-state index contributed by atoms with van der Waals surface area (Å²) in [5.74, 6) is 0.00783. The van der Waals surface area contributed by atoms with Crippen LogP contribution in [0.1, 0.15) is 48.7 Å². The van der Waals surface area contributed by atoms with E-state index in [1.807, 2.05) is 41.9 Å². The van der Waals surface area contributed by atoms with Gasteiger partial charge < -0.3 is 11.1 Å². The zero-order valence-corrected chi connectivity index (χ0v) is 15.8. The Morgan fingerprint density at radius 2 is 1.92 bits per heavy atom. The van der Waals surface area contributed by atoms with Gasteiger partial charge >= 0.3 is 0 Å². The molecule has 1 aromatic carbocycles. The van der Waals surface area contributed by atoms with E-state index in [1.165, 1.54) is 0 Å². The first-order valence-electron chi connectivity index (χ1n) is 7.71. The molecule has 132 valence electrons. The fourth-order valence-corrected chi connectivity index (χ4v) is 4.02. The highest BCUT2D eigenvalue weighted by Crippen LogP contribution is 2.39. The lowest BCUT2D eigenvalue weighted by Crippen LogP contribution is -2.44. The number of nitrogens with two attached hydrogens (primary N) is 1. The summed E-state index contributed by atoms with van der Waals surface area (Å²) in [6.45, 7) is 0. The van der Waals surface area contributed by atoms with Crippen LogP contribution in [-0.4, -0.2) is 10.9 Å². The molecule has 1 amide bonds. The van der Waals surface area contributed by atoms with Gasteiger partial charge in [-0.25, -0.2) is 4.98 Å². The highest BCUT2D eigenvalue weighted by atomic mass is 35.5. The molecule has 7 heteroatoms. The van der Waals surface area contributed by atoms with Gasteiger partial charge in [0.2, 0.25) is 5.91 Å². The predicted octanol–water partition coefficient (Wildman–Crippen LogP) is 3.96. The third-order valence-corrected chi connectivity index (χ3v) is 5.29. The molecule has 1 aliphatic carbocycles. The van der Waals surface area contributed by atoms with Crippen LogP contribution in [0, 0.1) is 0 Å². The van der Waals surface area contributed by atoms with E-state index in [4.69, 9.17) is 5.73 Å². The molecular weight excluding hydrogens is 365 g/mol. The van der Waals surface area contributed by atoms with Crippen LogP contribution in [0.15, 0.2) is 41.9 Å². The molecule has 24 heavy (non-hydrogen) atoms. The zero-order chi connectivity index (χ0) is 15.4. The largest absolute Gasteiger partial charge is 0.344 e. The average molecular weight is 388 g/mol. The fraction of sp³-hybridized carbons (Fsp3) is 0.412. The summed E-state index contributed by atoms with van der Waals surface area (Å²) in [6, 6.07) is 9.50. The molecule has 1 fully saturated rings. The SMILES string of the molecule is Cl.Cl.NC(CC(=O)NC1(c2nccs2)CCCC1)c1ccccc1. The Morgan fingerprint density at radius 3 is 2.50 bits per heavy atom. The smallest absolute Gasteiger partial charge is 0.222 e. The summed E-state index contributed by atoms with van der Waals surface area (Å²) in [5.41, 5.74) is 6.87. The van der Waals surface area contributed by atoms with Crippen molar-refractivity contribution in [2.75, 3.05) is 0 Å². The molecular formula is C17H23Cl2N3OS. The molecule has 4 nitrogen and oxygen atoms in total. The Balaban J connectivity index is 0.00000144. The normalized spacial score (nSPS) is 16.5. The minimum Gasteiger partial charge on any atom is -0.344 e. The van der Waals surface area contributed by atoms with Crippen molar-refractivity contribution in [2.24, 2.45) is 5.73 Å². The Morgan fingerprint density at radius 1 is 1.25 bits per heavy atom. The number of thiazole rings is 1. The van der Waals surface area contributed by atoms with E-state index in [0.29, 0.717) is 6.42 Å². The molecule has 0 bridgehead atoms. The number of halogens is 2. The Kier molecular flexibility index (Phi) is 8.16. The van der Waals surface area contributed by atoms with Gasteiger partial charge in [-0.1, -0.05) is 43.2 Å². The third kappa shape index (κ3) is 4.70. The van der Waals surface area contributed by atoms with Crippen LogP contribution >= 0.6 is 36.2 Å². The lowest BCUT2D eigenvalue weighted by Gasteiger charge is -2.28. The van der Waals surface area contributed by atoms with Crippen LogP contribution in [0.3, 0.4) is 0 Å². The number of carbonyl (C=O) groups excluding carboxylic acids is 1. The second-order valence-corrected chi connectivity index (χ2v) is 6.79. The van der Waals surface area contributed by atoms with Crippen molar-refractivity contribution in [3.63, 3.8) is 0 Å². The monoisotopic (exact) mass is 387 g/mol. The van der Waals surface area contributed by atoms with Gasteiger partial charge in [-0.2, -0.15) is 0 Å². The van der Waals surface area contributed by atoms with Gasteiger partial charge in [0.15, 0.2) is 0 Å². The highest BCUT2D eigenvalue weighted by molar-refractivity contribution is 7.09. The maximum Gasteiger partial charge on any atom is 0.222 e. The van der Waals surface area contributed by atoms with Gasteiger partial charge in [0.1, 0.15) is 5.01 Å². The minimum atomic E-state index is -0.276. The van der Waals surface area contributed by atoms with Crippen LogP contribution in [0.4, 0.5) is 0 Å². The number of amides is 1. The van der Waals surface area contributed by atoms with Crippen molar-refractivity contribution in [3.8, 4) is 0 Å². The molecule has 3 N–H and O–H groups in total. The zero-order valence-electron chi connectivity index (χ0n) is 13.3. The number of nitrogens with zero attached hydrogens (tertiary/aromatic N) is 1. The minimum absolute atomic E-state index is 0. The van der Waals surface area contributed by atoms with E-state index >= 15 is 0 Å². The van der Waals surface area contributed by atoms with E-state index in [2.05, 4.69) is 10.3 Å². The van der Waals surface area contributed by atoms with Crippen molar-refractivity contribution in [2.45, 2.75) is 43.7 Å². The van der Waals surface area contributed by atoms with Crippen LogP contribution < -0.4 is 11.1 Å². The third-order valence-electron chi connectivity index (χ3n) is 4.31. The van der Waals surface area contributed by atoms with Crippen LogP contribution in [0.25, 0.3) is 0 Å². The number of hydrogen-bond donors (Lipinski definition) is 2. The highest BCUT2D eigenvalue weighted by Gasteiger charge is 2.39. The molecule has 0 radical (unpaired) electrons. The van der Waals surface area contributed by atoms with Crippen LogP contribution in [0.2, 0.25) is 0 Å². The molecule has 1 aliphatic rings. The summed E-state index contributed by atoms with van der Waals surface area (Å²) in [7, 11) is 0. The predicted molar refractivity (Wildman–Crippen MR) is 103 cm³/mol. The van der Waals surface area contributed by atoms with E-state index in [9.17, 15) is 4.79 Å². The van der Waals surface area contributed by atoms with Gasteiger partial charge in [0.05, 0.1) is 5.54 Å². The van der Waals surface area contributed by atoms with Crippen molar-refractivity contribution < 1.29 is 4.79 Å². The maximum atomic E-state index is 12.5.